The third-order valence-corrected chi connectivity index (χ3v) is 9.94. The van der Waals surface area contributed by atoms with E-state index < -0.39 is 0 Å². The van der Waals surface area contributed by atoms with Gasteiger partial charge in [-0.15, -0.1) is 0 Å². The molecule has 2 atom stereocenters. The van der Waals surface area contributed by atoms with Gasteiger partial charge in [-0.05, 0) is 115 Å². The van der Waals surface area contributed by atoms with Gasteiger partial charge >= 0.3 is 6.67 Å². The number of quaternary nitrogens is 2. The Labute approximate surface area is 303 Å². The molecule has 2 N–H and O–H groups in total. The van der Waals surface area contributed by atoms with E-state index >= 15 is 0 Å². The van der Waals surface area contributed by atoms with Crippen molar-refractivity contribution in [1.82, 2.24) is 9.40 Å². The summed E-state index contributed by atoms with van der Waals surface area (Å²) < 4.78 is -0.693. The number of phenolic OH excluding ortho intramolecular Hbond substituents is 2. The van der Waals surface area contributed by atoms with Crippen LogP contribution >= 0.6 is 0 Å². The lowest BCUT2D eigenvalue weighted by Crippen LogP contribution is -2.54. The van der Waals surface area contributed by atoms with E-state index in [1.54, 1.807) is 12.1 Å². The minimum absolute atomic E-state index is 0.0374. The molecule has 8 heteroatoms. The lowest BCUT2D eigenvalue weighted by molar-refractivity contribution is 0.142. The fourth-order valence-electron chi connectivity index (χ4n) is 8.71. The van der Waals surface area contributed by atoms with Crippen LogP contribution in [0.15, 0.2) is 93.2 Å². The van der Waals surface area contributed by atoms with Gasteiger partial charge in [-0.2, -0.15) is 0 Å². The Morgan fingerprint density at radius 2 is 0.882 bits per heavy atom. The molecule has 4 aromatic carbocycles. The van der Waals surface area contributed by atoms with Crippen LogP contribution in [0.4, 0.5) is 11.4 Å². The molecule has 2 aliphatic rings. The topological polar surface area (TPSA) is 89.9 Å². The second kappa shape index (κ2) is 12.1. The molecule has 0 saturated carbocycles. The first-order valence-corrected chi connectivity index (χ1v) is 18.1. The molecule has 0 bridgehead atoms. The van der Waals surface area contributed by atoms with E-state index in [0.29, 0.717) is 11.4 Å². The van der Waals surface area contributed by atoms with E-state index in [1.165, 1.54) is 0 Å². The number of rotatable bonds is 8. The highest BCUT2D eigenvalue weighted by atomic mass is 16.3. The minimum Gasteiger partial charge on any atom is -0.503 e. The molecule has 0 radical (unpaired) electrons. The zero-order valence-corrected chi connectivity index (χ0v) is 32.6. The highest BCUT2D eigenvalue weighted by Crippen LogP contribution is 2.43. The molecule has 2 heterocycles. The Bertz CT molecular complexity index is 2120. The molecule has 0 saturated heterocycles. The van der Waals surface area contributed by atoms with Gasteiger partial charge < -0.3 is 10.2 Å². The van der Waals surface area contributed by atoms with Gasteiger partial charge in [0.1, 0.15) is 0 Å². The maximum Gasteiger partial charge on any atom is 0.316 e. The third kappa shape index (κ3) is 6.96. The maximum absolute atomic E-state index is 11.6. The number of fused-ring (bicyclic) bond motifs is 2. The summed E-state index contributed by atoms with van der Waals surface area (Å²) in [4.78, 5) is 0. The molecule has 0 fully saturated rings. The van der Waals surface area contributed by atoms with Gasteiger partial charge in [0.05, 0.1) is 0 Å². The van der Waals surface area contributed by atoms with Gasteiger partial charge in [0, 0.05) is 21.5 Å². The molecule has 6 rings (SSSR count). The van der Waals surface area contributed by atoms with Crippen molar-refractivity contribution >= 4 is 11.4 Å². The summed E-state index contributed by atoms with van der Waals surface area (Å²) in [5.41, 5.74) is 4.89. The quantitative estimate of drug-likeness (QED) is 0.184. The van der Waals surface area contributed by atoms with Crippen LogP contribution < -0.4 is 30.8 Å². The van der Waals surface area contributed by atoms with Crippen LogP contribution in [0.3, 0.4) is 0 Å². The predicted molar refractivity (Wildman–Crippen MR) is 206 cm³/mol. The first-order valence-electron chi connectivity index (χ1n) is 18.1. The average molecular weight is 689 g/mol. The second-order valence-electron chi connectivity index (χ2n) is 18.6. The molecule has 4 aromatic rings. The Morgan fingerprint density at radius 3 is 1.24 bits per heavy atom. The second-order valence-corrected chi connectivity index (χ2v) is 18.6. The lowest BCUT2D eigenvalue weighted by atomic mass is 9.72. The average Bonchev–Trinajstić information content (AvgIpc) is 3.55. The molecule has 0 aliphatic carbocycles. The first kappa shape index (κ1) is 36.4. The van der Waals surface area contributed by atoms with Gasteiger partial charge in [-0.25, -0.2) is 0 Å². The standard InChI is InChI=1S/C43H54N6O2/c1-28-19-21-36(50)34(23-28)48(44-32-17-13-15-30(38(32)46-48)42(9,10)25-40(3,4)5)27-49(35-24-29(2)20-22-37(35)51)45-33-18-14-16-31(39(33)47-49)43(11,12)26-41(6,7)8/h13-24H,25-27H2,1-12H3/p+2. The van der Waals surface area contributed by atoms with Crippen LogP contribution in [0.5, 0.6) is 11.5 Å². The number of aromatic hydroxyl groups is 2. The molecule has 0 spiro atoms. The van der Waals surface area contributed by atoms with Crippen molar-refractivity contribution in [2.24, 2.45) is 31.2 Å². The van der Waals surface area contributed by atoms with Crippen molar-refractivity contribution in [3.05, 3.63) is 116 Å². The van der Waals surface area contributed by atoms with Crippen LogP contribution in [0.25, 0.3) is 0 Å². The van der Waals surface area contributed by atoms with Gasteiger partial charge in [-0.1, -0.05) is 106 Å². The van der Waals surface area contributed by atoms with Crippen LogP contribution in [0.1, 0.15) is 104 Å². The zero-order chi connectivity index (χ0) is 37.4. The summed E-state index contributed by atoms with van der Waals surface area (Å²) in [7, 11) is 0. The van der Waals surface area contributed by atoms with Crippen molar-refractivity contribution in [3.63, 3.8) is 0 Å². The number of benzene rings is 4. The summed E-state index contributed by atoms with van der Waals surface area (Å²) in [5.74, 6) is 0.151. The summed E-state index contributed by atoms with van der Waals surface area (Å²) in [5, 5.41) is 48.1. The van der Waals surface area contributed by atoms with Crippen molar-refractivity contribution in [3.8, 4) is 11.5 Å². The van der Waals surface area contributed by atoms with Crippen LogP contribution in [0, 0.1) is 24.7 Å². The Morgan fingerprint density at radius 1 is 0.510 bits per heavy atom. The smallest absolute Gasteiger partial charge is 0.316 e. The van der Waals surface area contributed by atoms with Crippen LogP contribution in [-0.4, -0.2) is 16.9 Å². The monoisotopic (exact) mass is 688 g/mol. The highest BCUT2D eigenvalue weighted by molar-refractivity contribution is 5.59. The number of hydrogen-bond donors (Lipinski definition) is 2. The fraction of sp³-hybridized carbons (Fsp3) is 0.442. The summed E-state index contributed by atoms with van der Waals surface area (Å²) >= 11 is 0. The molecule has 51 heavy (non-hydrogen) atoms. The van der Waals surface area contributed by atoms with Crippen molar-refractivity contribution in [2.45, 2.75) is 107 Å². The van der Waals surface area contributed by atoms with Crippen molar-refractivity contribution < 1.29 is 10.2 Å². The van der Waals surface area contributed by atoms with Crippen LogP contribution in [-0.2, 0) is 10.8 Å². The summed E-state index contributed by atoms with van der Waals surface area (Å²) in [6, 6.07) is 23.5. The van der Waals surface area contributed by atoms with Crippen molar-refractivity contribution in [2.75, 3.05) is 6.67 Å². The summed E-state index contributed by atoms with van der Waals surface area (Å²) in [6.07, 6.45) is 1.87. The molecular formula is C43H56N6O2+2. The largest absolute Gasteiger partial charge is 0.503 e. The normalized spacial score (nSPS) is 20.2. The molecule has 2 unspecified atom stereocenters. The molecule has 2 aliphatic heterocycles. The first-order chi connectivity index (χ1) is 23.5. The Hall–Kier alpha value is -4.40. The minimum atomic E-state index is -0.347. The third-order valence-electron chi connectivity index (χ3n) is 9.94. The summed E-state index contributed by atoms with van der Waals surface area (Å²) in [6.45, 7) is 26.7. The van der Waals surface area contributed by atoms with Gasteiger partial charge in [0.2, 0.25) is 11.4 Å². The van der Waals surface area contributed by atoms with E-state index in [2.05, 4.69) is 93.5 Å². The molecule has 8 nitrogen and oxygen atoms in total. The van der Waals surface area contributed by atoms with Gasteiger partial charge in [0.15, 0.2) is 32.9 Å². The van der Waals surface area contributed by atoms with E-state index in [4.69, 9.17) is 20.4 Å². The number of hydrogen-bond acceptors (Lipinski definition) is 6. The van der Waals surface area contributed by atoms with E-state index in [9.17, 15) is 10.2 Å². The van der Waals surface area contributed by atoms with E-state index in [1.807, 2.05) is 50.2 Å². The zero-order valence-electron chi connectivity index (χ0n) is 32.6. The SMILES string of the molecule is Cc1ccc(O)c([N+]2(C[N+]3(c4cc(C)ccc4O)N=c4cccc(C(C)(C)CC(C)(C)C)c4=N3)N=c3cccc(C(C)(C)CC(C)(C)C)c3=N2)c1. The molecule has 0 aromatic heterocycles. The highest BCUT2D eigenvalue weighted by Gasteiger charge is 2.53. The lowest BCUT2D eigenvalue weighted by Gasteiger charge is -2.33. The molecule has 268 valence electrons. The number of phenols is 2. The van der Waals surface area contributed by atoms with Gasteiger partial charge in [0.25, 0.3) is 0 Å². The molecule has 0 amide bonds. The number of nitrogens with zero attached hydrogens (tertiary/aromatic N) is 6. The van der Waals surface area contributed by atoms with E-state index in [-0.39, 0.29) is 49.2 Å². The van der Waals surface area contributed by atoms with E-state index in [0.717, 1.165) is 56.5 Å². The van der Waals surface area contributed by atoms with Crippen molar-refractivity contribution in [1.29, 1.82) is 0 Å². The Kier molecular flexibility index (Phi) is 8.63. The maximum atomic E-state index is 11.6. The van der Waals surface area contributed by atoms with Crippen LogP contribution in [0.2, 0.25) is 0 Å². The Balaban J connectivity index is 1.68. The fourth-order valence-corrected chi connectivity index (χ4v) is 8.71. The predicted octanol–water partition coefficient (Wildman–Crippen LogP) is 7.98. The molecular weight excluding hydrogens is 633 g/mol. The van der Waals surface area contributed by atoms with Gasteiger partial charge in [-0.3, -0.25) is 0 Å². The number of aryl methyl sites for hydroxylation is 2.